The van der Waals surface area contributed by atoms with Crippen molar-refractivity contribution in [2.24, 2.45) is 0 Å². The number of aromatic amines is 2. The Kier molecular flexibility index (Phi) is 10.8. The first-order chi connectivity index (χ1) is 11.5. The van der Waals surface area contributed by atoms with Gasteiger partial charge in [-0.2, -0.15) is 43.2 Å². The Morgan fingerprint density at radius 2 is 0.923 bits per heavy atom. The zero-order valence-corrected chi connectivity index (χ0v) is 13.6. The molecular formula is C8H10F6N4O6S2. The van der Waals surface area contributed by atoms with Gasteiger partial charge < -0.3 is 9.97 Å². The van der Waals surface area contributed by atoms with Crippen molar-refractivity contribution in [1.82, 2.24) is 19.9 Å². The second kappa shape index (κ2) is 10.7. The van der Waals surface area contributed by atoms with E-state index >= 15 is 0 Å². The molecule has 2 aromatic rings. The predicted octanol–water partition coefficient (Wildman–Crippen LogP) is 1.61. The van der Waals surface area contributed by atoms with Gasteiger partial charge in [0.25, 0.3) is 0 Å². The molecule has 0 aromatic carbocycles. The van der Waals surface area contributed by atoms with E-state index in [0.29, 0.717) is 0 Å². The van der Waals surface area contributed by atoms with Crippen LogP contribution in [0.4, 0.5) is 26.3 Å². The molecular weight excluding hydrogens is 426 g/mol. The average molecular weight is 436 g/mol. The highest BCUT2D eigenvalue weighted by Crippen LogP contribution is 2.21. The van der Waals surface area contributed by atoms with Crippen molar-refractivity contribution >= 4 is 20.2 Å². The number of H-pyrrole nitrogens is 2. The maximum atomic E-state index is 10.7. The molecule has 0 bridgehead atoms. The molecule has 0 aliphatic heterocycles. The fourth-order valence-electron chi connectivity index (χ4n) is 0.430. The zero-order chi connectivity index (χ0) is 21.1. The van der Waals surface area contributed by atoms with Gasteiger partial charge in [0.05, 0.1) is 12.7 Å². The number of imidazole rings is 2. The lowest BCUT2D eigenvalue weighted by Crippen LogP contribution is -2.21. The number of rotatable bonds is 0. The van der Waals surface area contributed by atoms with Crippen LogP contribution in [0.5, 0.6) is 0 Å². The maximum absolute atomic E-state index is 10.7. The molecule has 18 heteroatoms. The van der Waals surface area contributed by atoms with Crippen LogP contribution in [0.2, 0.25) is 0 Å². The highest BCUT2D eigenvalue weighted by atomic mass is 32.2. The van der Waals surface area contributed by atoms with Crippen LogP contribution in [0.3, 0.4) is 0 Å². The Hall–Kier alpha value is -2.18. The predicted molar refractivity (Wildman–Crippen MR) is 72.4 cm³/mol. The van der Waals surface area contributed by atoms with Crippen molar-refractivity contribution in [3.05, 3.63) is 37.4 Å². The lowest BCUT2D eigenvalue weighted by Gasteiger charge is -1.97. The Bertz CT molecular complexity index is 668. The quantitative estimate of drug-likeness (QED) is 0.275. The summed E-state index contributed by atoms with van der Waals surface area (Å²) in [7, 11) is -11.7. The largest absolute Gasteiger partial charge is 0.522 e. The molecule has 0 amide bonds. The SMILES string of the molecule is O=S(=O)(O)C(F)(F)F.O=S(=O)(O)C(F)(F)F.c1c[nH]cn1.c1c[nH]cn1. The first-order valence-corrected chi connectivity index (χ1v) is 8.31. The molecule has 0 aliphatic rings. The molecule has 0 saturated heterocycles. The summed E-state index contributed by atoms with van der Waals surface area (Å²) in [6.45, 7) is 0. The van der Waals surface area contributed by atoms with Crippen LogP contribution in [0.15, 0.2) is 37.4 Å². The highest BCUT2D eigenvalue weighted by molar-refractivity contribution is 7.86. The summed E-state index contributed by atoms with van der Waals surface area (Å²) in [6, 6.07) is 0. The lowest BCUT2D eigenvalue weighted by molar-refractivity contribution is -0.0514. The fourth-order valence-corrected chi connectivity index (χ4v) is 0.430. The van der Waals surface area contributed by atoms with E-state index in [0.717, 1.165) is 0 Å². The van der Waals surface area contributed by atoms with Crippen molar-refractivity contribution in [2.75, 3.05) is 0 Å². The van der Waals surface area contributed by atoms with Gasteiger partial charge in [-0.05, 0) is 0 Å². The molecule has 26 heavy (non-hydrogen) atoms. The molecule has 0 saturated carbocycles. The molecule has 0 fully saturated rings. The van der Waals surface area contributed by atoms with Crippen molar-refractivity contribution in [3.63, 3.8) is 0 Å². The number of alkyl halides is 6. The highest BCUT2D eigenvalue weighted by Gasteiger charge is 2.45. The van der Waals surface area contributed by atoms with Gasteiger partial charge in [-0.15, -0.1) is 0 Å². The minimum Gasteiger partial charge on any atom is -0.351 e. The first-order valence-electron chi connectivity index (χ1n) is 5.43. The summed E-state index contributed by atoms with van der Waals surface area (Å²) in [6.07, 6.45) is 10.2. The summed E-state index contributed by atoms with van der Waals surface area (Å²) in [5, 5.41) is 0. The number of hydrogen-bond donors (Lipinski definition) is 4. The standard InChI is InChI=1S/2C3H4N2.2CHF3O3S/c2*1-2-5-3-4-1;2*2-1(3,4)8(5,6)7/h2*1-3H,(H,4,5);2*(H,5,6,7). The molecule has 4 N–H and O–H groups in total. The smallest absolute Gasteiger partial charge is 0.351 e. The van der Waals surface area contributed by atoms with Gasteiger partial charge in [-0.1, -0.05) is 0 Å². The molecule has 0 unspecified atom stereocenters. The number of nitrogens with zero attached hydrogens (tertiary/aromatic N) is 2. The molecule has 0 radical (unpaired) electrons. The summed E-state index contributed by atoms with van der Waals surface area (Å²) < 4.78 is 115. The van der Waals surface area contributed by atoms with E-state index in [2.05, 4.69) is 19.9 Å². The van der Waals surface area contributed by atoms with Crippen LogP contribution in [0.1, 0.15) is 0 Å². The van der Waals surface area contributed by atoms with E-state index in [9.17, 15) is 26.3 Å². The Labute approximate surface area is 141 Å². The first kappa shape index (κ1) is 26.1. The van der Waals surface area contributed by atoms with Crippen LogP contribution in [0.25, 0.3) is 0 Å². The molecule has 0 aliphatic carbocycles. The van der Waals surface area contributed by atoms with E-state index in [1.54, 1.807) is 37.4 Å². The number of aromatic nitrogens is 4. The minimum absolute atomic E-state index is 1.62. The summed E-state index contributed by atoms with van der Waals surface area (Å²) in [4.78, 5) is 12.8. The second-order valence-corrected chi connectivity index (χ2v) is 6.19. The topological polar surface area (TPSA) is 166 Å². The molecule has 0 atom stereocenters. The van der Waals surface area contributed by atoms with Gasteiger partial charge in [0, 0.05) is 24.8 Å². The van der Waals surface area contributed by atoms with Crippen LogP contribution in [-0.4, -0.2) is 56.9 Å². The molecule has 2 rings (SSSR count). The van der Waals surface area contributed by atoms with E-state index in [4.69, 9.17) is 25.9 Å². The number of halogens is 6. The van der Waals surface area contributed by atoms with Gasteiger partial charge >= 0.3 is 31.3 Å². The van der Waals surface area contributed by atoms with Crippen LogP contribution < -0.4 is 0 Å². The summed E-state index contributed by atoms with van der Waals surface area (Å²) >= 11 is 0. The third-order valence-corrected chi connectivity index (χ3v) is 2.57. The maximum Gasteiger partial charge on any atom is 0.522 e. The molecule has 0 spiro atoms. The Morgan fingerprint density at radius 1 is 0.692 bits per heavy atom. The van der Waals surface area contributed by atoms with E-state index in [-0.39, 0.29) is 0 Å². The second-order valence-electron chi connectivity index (χ2n) is 3.36. The molecule has 152 valence electrons. The van der Waals surface area contributed by atoms with Gasteiger partial charge in [0.15, 0.2) is 0 Å². The van der Waals surface area contributed by atoms with Gasteiger partial charge in [-0.25, -0.2) is 9.97 Å². The van der Waals surface area contributed by atoms with Crippen LogP contribution in [-0.2, 0) is 20.2 Å². The Balaban J connectivity index is 0. The number of hydrogen-bond acceptors (Lipinski definition) is 6. The fraction of sp³-hybridized carbons (Fsp3) is 0.250. The Morgan fingerprint density at radius 3 is 0.962 bits per heavy atom. The van der Waals surface area contributed by atoms with Crippen molar-refractivity contribution < 1.29 is 52.3 Å². The van der Waals surface area contributed by atoms with Gasteiger partial charge in [0.2, 0.25) is 0 Å². The zero-order valence-electron chi connectivity index (χ0n) is 12.0. The van der Waals surface area contributed by atoms with Crippen LogP contribution in [0, 0.1) is 0 Å². The van der Waals surface area contributed by atoms with E-state index in [1.807, 2.05) is 0 Å². The monoisotopic (exact) mass is 436 g/mol. The average Bonchev–Trinajstić information content (AvgIpc) is 3.15. The summed E-state index contributed by atoms with van der Waals surface area (Å²) in [5.74, 6) is 0. The summed E-state index contributed by atoms with van der Waals surface area (Å²) in [5.41, 5.74) is -11.1. The van der Waals surface area contributed by atoms with Crippen LogP contribution >= 0.6 is 0 Å². The van der Waals surface area contributed by atoms with Crippen molar-refractivity contribution in [2.45, 2.75) is 11.0 Å². The molecule has 10 nitrogen and oxygen atoms in total. The van der Waals surface area contributed by atoms with Gasteiger partial charge in [0.1, 0.15) is 0 Å². The number of nitrogens with one attached hydrogen (secondary N) is 2. The van der Waals surface area contributed by atoms with Crippen molar-refractivity contribution in [1.29, 1.82) is 0 Å². The normalized spacial score (nSPS) is 11.7. The third-order valence-electron chi connectivity index (χ3n) is 1.40. The third kappa shape index (κ3) is 14.2. The van der Waals surface area contributed by atoms with Gasteiger partial charge in [-0.3, -0.25) is 9.11 Å². The minimum atomic E-state index is -5.84. The van der Waals surface area contributed by atoms with E-state index in [1.165, 1.54) is 0 Å². The molecule has 2 heterocycles. The lowest BCUT2D eigenvalue weighted by atomic mass is 11.0. The van der Waals surface area contributed by atoms with Crippen molar-refractivity contribution in [3.8, 4) is 0 Å². The van der Waals surface area contributed by atoms with E-state index < -0.39 is 31.3 Å². The molecule has 2 aromatic heterocycles.